The van der Waals surface area contributed by atoms with Gasteiger partial charge in [0, 0.05) is 6.54 Å². The summed E-state index contributed by atoms with van der Waals surface area (Å²) < 4.78 is 5.56. The van der Waals surface area contributed by atoms with E-state index < -0.39 is 0 Å². The monoisotopic (exact) mass is 223 g/mol. The maximum absolute atomic E-state index is 9.62. The van der Waals surface area contributed by atoms with E-state index in [4.69, 9.17) is 4.74 Å². The highest BCUT2D eigenvalue weighted by molar-refractivity contribution is 5.28. The molecular formula is C13H21NO2. The Kier molecular flexibility index (Phi) is 5.29. The van der Waals surface area contributed by atoms with Gasteiger partial charge < -0.3 is 14.7 Å². The van der Waals surface area contributed by atoms with Crippen LogP contribution in [0.25, 0.3) is 0 Å². The zero-order valence-electron chi connectivity index (χ0n) is 10.3. The third-order valence-electron chi connectivity index (χ3n) is 2.46. The first-order valence-corrected chi connectivity index (χ1v) is 5.69. The number of hydrogen-bond donors (Lipinski definition) is 1. The van der Waals surface area contributed by atoms with E-state index >= 15 is 0 Å². The second-order valence-corrected chi connectivity index (χ2v) is 4.14. The third-order valence-corrected chi connectivity index (χ3v) is 2.46. The van der Waals surface area contributed by atoms with Crippen LogP contribution in [0.4, 0.5) is 0 Å². The number of aliphatic hydroxyl groups excluding tert-OH is 1. The molecule has 1 aromatic rings. The third kappa shape index (κ3) is 4.21. The van der Waals surface area contributed by atoms with E-state index in [-0.39, 0.29) is 6.10 Å². The van der Waals surface area contributed by atoms with E-state index in [0.29, 0.717) is 6.61 Å². The predicted molar refractivity (Wildman–Crippen MR) is 65.7 cm³/mol. The van der Waals surface area contributed by atoms with E-state index in [9.17, 15) is 5.11 Å². The minimum absolute atomic E-state index is 0.365. The molecule has 3 nitrogen and oxygen atoms in total. The maximum atomic E-state index is 9.62. The highest BCUT2D eigenvalue weighted by atomic mass is 16.5. The summed E-state index contributed by atoms with van der Waals surface area (Å²) in [6, 6.07) is 7.64. The van der Waals surface area contributed by atoms with Gasteiger partial charge in [-0.15, -0.1) is 0 Å². The van der Waals surface area contributed by atoms with E-state index in [1.54, 1.807) is 0 Å². The van der Waals surface area contributed by atoms with Gasteiger partial charge in [-0.25, -0.2) is 0 Å². The van der Waals surface area contributed by atoms with Crippen LogP contribution < -0.4 is 4.74 Å². The molecule has 1 unspecified atom stereocenters. The Morgan fingerprint density at radius 3 is 2.38 bits per heavy atom. The number of likely N-dealkylation sites (N-methyl/N-ethyl adjacent to an activating group) is 1. The van der Waals surface area contributed by atoms with Gasteiger partial charge in [-0.2, -0.15) is 0 Å². The van der Waals surface area contributed by atoms with Crippen LogP contribution in [0.2, 0.25) is 0 Å². The summed E-state index contributed by atoms with van der Waals surface area (Å²) in [7, 11) is 4.04. The van der Waals surface area contributed by atoms with Gasteiger partial charge in [-0.3, -0.25) is 0 Å². The van der Waals surface area contributed by atoms with Crippen LogP contribution in [-0.2, 0) is 0 Å². The van der Waals surface area contributed by atoms with Gasteiger partial charge in [0.05, 0.1) is 6.10 Å². The Morgan fingerprint density at radius 2 is 1.88 bits per heavy atom. The molecule has 1 N–H and O–H groups in total. The topological polar surface area (TPSA) is 32.7 Å². The van der Waals surface area contributed by atoms with Crippen LogP contribution >= 0.6 is 0 Å². The molecule has 0 aliphatic heterocycles. The molecule has 90 valence electrons. The van der Waals surface area contributed by atoms with Gasteiger partial charge in [0.1, 0.15) is 12.4 Å². The van der Waals surface area contributed by atoms with Gasteiger partial charge in [0.15, 0.2) is 0 Å². The first-order valence-electron chi connectivity index (χ1n) is 5.69. The minimum atomic E-state index is -0.365. The first-order chi connectivity index (χ1) is 7.63. The smallest absolute Gasteiger partial charge is 0.119 e. The molecule has 0 saturated heterocycles. The van der Waals surface area contributed by atoms with Crippen LogP contribution in [0.15, 0.2) is 24.3 Å². The molecule has 0 amide bonds. The van der Waals surface area contributed by atoms with Crippen molar-refractivity contribution in [2.24, 2.45) is 0 Å². The normalized spacial score (nSPS) is 12.8. The van der Waals surface area contributed by atoms with Crippen LogP contribution in [0.5, 0.6) is 5.75 Å². The zero-order valence-corrected chi connectivity index (χ0v) is 10.3. The van der Waals surface area contributed by atoms with Crippen molar-refractivity contribution in [3.05, 3.63) is 29.8 Å². The second kappa shape index (κ2) is 6.51. The molecule has 3 heteroatoms. The fourth-order valence-corrected chi connectivity index (χ4v) is 1.37. The van der Waals surface area contributed by atoms with Crippen molar-refractivity contribution < 1.29 is 9.84 Å². The Balaban J connectivity index is 2.45. The number of aliphatic hydroxyl groups is 1. The van der Waals surface area contributed by atoms with Gasteiger partial charge in [-0.1, -0.05) is 19.1 Å². The molecule has 0 radical (unpaired) electrons. The number of ether oxygens (including phenoxy) is 1. The predicted octanol–water partition coefficient (Wildman–Crippen LogP) is 2.07. The summed E-state index contributed by atoms with van der Waals surface area (Å²) >= 11 is 0. The summed E-state index contributed by atoms with van der Waals surface area (Å²) in [5.41, 5.74) is 0.947. The molecular weight excluding hydrogens is 202 g/mol. The Morgan fingerprint density at radius 1 is 1.25 bits per heavy atom. The molecule has 0 aliphatic rings. The lowest BCUT2D eigenvalue weighted by molar-refractivity contribution is 0.173. The molecule has 0 bridgehead atoms. The van der Waals surface area contributed by atoms with Crippen molar-refractivity contribution in [3.63, 3.8) is 0 Å². The highest BCUT2D eigenvalue weighted by Gasteiger charge is 2.04. The lowest BCUT2D eigenvalue weighted by atomic mass is 10.1. The Labute approximate surface area is 97.7 Å². The van der Waals surface area contributed by atoms with Gasteiger partial charge in [-0.05, 0) is 38.2 Å². The second-order valence-electron chi connectivity index (χ2n) is 4.14. The van der Waals surface area contributed by atoms with Crippen molar-refractivity contribution in [2.45, 2.75) is 19.4 Å². The van der Waals surface area contributed by atoms with Crippen LogP contribution in [0.1, 0.15) is 25.0 Å². The van der Waals surface area contributed by atoms with Crippen LogP contribution in [0.3, 0.4) is 0 Å². The number of nitrogens with zero attached hydrogens (tertiary/aromatic N) is 1. The minimum Gasteiger partial charge on any atom is -0.492 e. The lowest BCUT2D eigenvalue weighted by Crippen LogP contribution is -2.19. The maximum Gasteiger partial charge on any atom is 0.119 e. The summed E-state index contributed by atoms with van der Waals surface area (Å²) in [5.74, 6) is 0.855. The molecule has 1 atom stereocenters. The number of hydrogen-bond acceptors (Lipinski definition) is 3. The molecule has 1 rings (SSSR count). The van der Waals surface area contributed by atoms with Crippen molar-refractivity contribution >= 4 is 0 Å². The SMILES string of the molecule is CCC(O)c1ccc(OCCN(C)C)cc1. The zero-order chi connectivity index (χ0) is 12.0. The van der Waals surface area contributed by atoms with E-state index in [2.05, 4.69) is 4.90 Å². The largest absolute Gasteiger partial charge is 0.492 e. The summed E-state index contributed by atoms with van der Waals surface area (Å²) in [4.78, 5) is 2.08. The molecule has 0 aliphatic carbocycles. The molecule has 16 heavy (non-hydrogen) atoms. The van der Waals surface area contributed by atoms with E-state index in [1.807, 2.05) is 45.3 Å². The number of rotatable bonds is 6. The van der Waals surface area contributed by atoms with Crippen LogP contribution in [0, 0.1) is 0 Å². The average molecular weight is 223 g/mol. The fraction of sp³-hybridized carbons (Fsp3) is 0.538. The number of benzene rings is 1. The highest BCUT2D eigenvalue weighted by Crippen LogP contribution is 2.19. The molecule has 0 saturated carbocycles. The van der Waals surface area contributed by atoms with Crippen molar-refractivity contribution in [1.29, 1.82) is 0 Å². The van der Waals surface area contributed by atoms with Crippen molar-refractivity contribution in [3.8, 4) is 5.75 Å². The standard InChI is InChI=1S/C13H21NO2/c1-4-13(15)11-5-7-12(8-6-11)16-10-9-14(2)3/h5-8,13,15H,4,9-10H2,1-3H3. The molecule has 0 aromatic heterocycles. The van der Waals surface area contributed by atoms with E-state index in [0.717, 1.165) is 24.3 Å². The summed E-state index contributed by atoms with van der Waals surface area (Å²) in [6.07, 6.45) is 0.372. The Bertz CT molecular complexity index is 295. The lowest BCUT2D eigenvalue weighted by Gasteiger charge is -2.12. The summed E-state index contributed by atoms with van der Waals surface area (Å²) in [5, 5.41) is 9.62. The molecule has 1 aromatic carbocycles. The average Bonchev–Trinajstić information content (AvgIpc) is 2.28. The quantitative estimate of drug-likeness (QED) is 0.801. The van der Waals surface area contributed by atoms with Crippen LogP contribution in [-0.4, -0.2) is 37.3 Å². The van der Waals surface area contributed by atoms with Crippen molar-refractivity contribution in [1.82, 2.24) is 4.90 Å². The fourth-order valence-electron chi connectivity index (χ4n) is 1.37. The van der Waals surface area contributed by atoms with Gasteiger partial charge in [0.25, 0.3) is 0 Å². The molecule has 0 fully saturated rings. The van der Waals surface area contributed by atoms with E-state index in [1.165, 1.54) is 0 Å². The molecule has 0 heterocycles. The summed E-state index contributed by atoms with van der Waals surface area (Å²) in [6.45, 7) is 3.55. The first kappa shape index (κ1) is 13.0. The van der Waals surface area contributed by atoms with Crippen molar-refractivity contribution in [2.75, 3.05) is 27.2 Å². The Hall–Kier alpha value is -1.06. The molecule has 0 spiro atoms. The van der Waals surface area contributed by atoms with Gasteiger partial charge in [0.2, 0.25) is 0 Å². The van der Waals surface area contributed by atoms with Gasteiger partial charge >= 0.3 is 0 Å².